The van der Waals surface area contributed by atoms with Gasteiger partial charge in [-0.05, 0) is 29.0 Å². The number of rotatable bonds is 6. The zero-order valence-corrected chi connectivity index (χ0v) is 18.8. The second-order valence-corrected chi connectivity index (χ2v) is 9.21. The summed E-state index contributed by atoms with van der Waals surface area (Å²) < 4.78 is 0. The van der Waals surface area contributed by atoms with Gasteiger partial charge in [0.25, 0.3) is 5.91 Å². The molecule has 1 saturated heterocycles. The Morgan fingerprint density at radius 3 is 2.55 bits per heavy atom. The molecule has 0 aliphatic carbocycles. The highest BCUT2D eigenvalue weighted by Gasteiger charge is 2.31. The van der Waals surface area contributed by atoms with Crippen molar-refractivity contribution in [3.8, 4) is 0 Å². The normalized spacial score (nSPS) is 15.9. The molecule has 7 heteroatoms. The van der Waals surface area contributed by atoms with E-state index in [-0.39, 0.29) is 17.7 Å². The number of para-hydroxylation sites is 1. The fraction of sp³-hybridized carbons (Fsp3) is 0.375. The molecule has 1 unspecified atom stereocenters. The summed E-state index contributed by atoms with van der Waals surface area (Å²) in [6, 6.07) is 13.4. The lowest BCUT2D eigenvalue weighted by molar-refractivity contribution is -0.136. The first kappa shape index (κ1) is 21.5. The van der Waals surface area contributed by atoms with E-state index in [9.17, 15) is 9.59 Å². The molecule has 0 saturated carbocycles. The number of aromatic nitrogens is 1. The van der Waals surface area contributed by atoms with Crippen molar-refractivity contribution in [2.24, 2.45) is 5.92 Å². The predicted octanol–water partition coefficient (Wildman–Crippen LogP) is 3.40. The third-order valence-corrected chi connectivity index (χ3v) is 6.63. The van der Waals surface area contributed by atoms with E-state index in [1.54, 1.807) is 6.07 Å². The number of nitrogens with one attached hydrogen (secondary N) is 1. The molecule has 2 aromatic heterocycles. The molecule has 1 atom stereocenters. The monoisotopic (exact) mass is 436 g/mol. The molecule has 1 aliphatic heterocycles. The smallest absolute Gasteiger partial charge is 0.262 e. The maximum absolute atomic E-state index is 13.2. The summed E-state index contributed by atoms with van der Waals surface area (Å²) in [5, 5.41) is 5.96. The predicted molar refractivity (Wildman–Crippen MR) is 124 cm³/mol. The minimum Gasteiger partial charge on any atom is -0.339 e. The van der Waals surface area contributed by atoms with Crippen molar-refractivity contribution in [2.75, 3.05) is 26.2 Å². The van der Waals surface area contributed by atoms with Crippen molar-refractivity contribution in [3.63, 3.8) is 0 Å². The molecular weight excluding hydrogens is 408 g/mol. The van der Waals surface area contributed by atoms with Gasteiger partial charge in [-0.2, -0.15) is 0 Å². The number of carbonyl (C=O) groups is 2. The van der Waals surface area contributed by atoms with E-state index in [1.807, 2.05) is 42.5 Å². The van der Waals surface area contributed by atoms with Gasteiger partial charge in [-0.15, -0.1) is 11.3 Å². The lowest BCUT2D eigenvalue weighted by Crippen LogP contribution is -2.56. The van der Waals surface area contributed by atoms with Crippen LogP contribution in [0.1, 0.15) is 29.1 Å². The first-order valence-electron chi connectivity index (χ1n) is 10.7. The summed E-state index contributed by atoms with van der Waals surface area (Å²) in [4.78, 5) is 35.1. The molecule has 0 spiro atoms. The Hall–Kier alpha value is -2.77. The van der Waals surface area contributed by atoms with E-state index in [4.69, 9.17) is 0 Å². The Kier molecular flexibility index (Phi) is 6.63. The van der Waals surface area contributed by atoms with Crippen LogP contribution in [0.15, 0.2) is 54.0 Å². The van der Waals surface area contributed by atoms with Gasteiger partial charge in [-0.3, -0.25) is 19.5 Å². The van der Waals surface area contributed by atoms with Gasteiger partial charge in [0.15, 0.2) is 0 Å². The van der Waals surface area contributed by atoms with Crippen molar-refractivity contribution < 1.29 is 9.59 Å². The molecule has 1 aromatic carbocycles. The Labute approximate surface area is 186 Å². The van der Waals surface area contributed by atoms with Crippen molar-refractivity contribution in [3.05, 3.63) is 64.5 Å². The molecule has 6 nitrogen and oxygen atoms in total. The number of pyridine rings is 1. The van der Waals surface area contributed by atoms with Crippen LogP contribution in [0.4, 0.5) is 0 Å². The largest absolute Gasteiger partial charge is 0.339 e. The second kappa shape index (κ2) is 9.58. The topological polar surface area (TPSA) is 65.5 Å². The molecule has 1 fully saturated rings. The highest BCUT2D eigenvalue weighted by molar-refractivity contribution is 7.12. The van der Waals surface area contributed by atoms with Gasteiger partial charge >= 0.3 is 0 Å². The van der Waals surface area contributed by atoms with Crippen LogP contribution in [0.3, 0.4) is 0 Å². The van der Waals surface area contributed by atoms with Crippen LogP contribution in [-0.4, -0.2) is 58.8 Å². The van der Waals surface area contributed by atoms with Crippen LogP contribution in [0, 0.1) is 5.92 Å². The van der Waals surface area contributed by atoms with Gasteiger partial charge in [-0.1, -0.05) is 44.2 Å². The average Bonchev–Trinajstić information content (AvgIpc) is 3.33. The molecule has 31 heavy (non-hydrogen) atoms. The van der Waals surface area contributed by atoms with Crippen LogP contribution in [0.2, 0.25) is 0 Å². The summed E-state index contributed by atoms with van der Waals surface area (Å²) in [7, 11) is 0. The standard InChI is InChI=1S/C24H28N4O2S/c1-17(2)21(26-23(29)20-9-5-15-31-20)24(30)28-13-11-27(12-14-28)16-19-7-3-6-18-8-4-10-25-22(18)19/h3-10,15,17,21H,11-14,16H2,1-2H3,(H,26,29). The number of piperazine rings is 1. The summed E-state index contributed by atoms with van der Waals surface area (Å²) in [5.74, 6) is -0.147. The minimum absolute atomic E-state index is 0.00591. The Morgan fingerprint density at radius 2 is 1.84 bits per heavy atom. The average molecular weight is 437 g/mol. The summed E-state index contributed by atoms with van der Waals surface area (Å²) in [5.41, 5.74) is 2.25. The quantitative estimate of drug-likeness (QED) is 0.643. The van der Waals surface area contributed by atoms with Crippen LogP contribution in [0.5, 0.6) is 0 Å². The van der Waals surface area contributed by atoms with Gasteiger partial charge in [0.1, 0.15) is 6.04 Å². The number of carbonyl (C=O) groups excluding carboxylic acids is 2. The zero-order valence-electron chi connectivity index (χ0n) is 18.0. The van der Waals surface area contributed by atoms with E-state index in [1.165, 1.54) is 16.9 Å². The molecule has 4 rings (SSSR count). The first-order valence-corrected chi connectivity index (χ1v) is 11.6. The summed E-state index contributed by atoms with van der Waals surface area (Å²) >= 11 is 1.39. The molecule has 2 amide bonds. The number of hydrogen-bond acceptors (Lipinski definition) is 5. The number of thiophene rings is 1. The lowest BCUT2D eigenvalue weighted by Gasteiger charge is -2.37. The SMILES string of the molecule is CC(C)C(NC(=O)c1cccs1)C(=O)N1CCN(Cc2cccc3cccnc23)CC1. The van der Waals surface area contributed by atoms with Crippen LogP contribution >= 0.6 is 11.3 Å². The second-order valence-electron chi connectivity index (χ2n) is 8.27. The molecule has 0 bridgehead atoms. The Balaban J connectivity index is 1.36. The van der Waals surface area contributed by atoms with Crippen LogP contribution in [-0.2, 0) is 11.3 Å². The number of hydrogen-bond donors (Lipinski definition) is 1. The van der Waals surface area contributed by atoms with Crippen molar-refractivity contribution in [2.45, 2.75) is 26.4 Å². The highest BCUT2D eigenvalue weighted by Crippen LogP contribution is 2.19. The molecule has 0 radical (unpaired) electrons. The van der Waals surface area contributed by atoms with Gasteiger partial charge in [0.05, 0.1) is 10.4 Å². The van der Waals surface area contributed by atoms with Gasteiger partial charge in [0, 0.05) is 44.3 Å². The van der Waals surface area contributed by atoms with Crippen LogP contribution < -0.4 is 5.32 Å². The van der Waals surface area contributed by atoms with E-state index in [0.717, 1.165) is 30.5 Å². The number of nitrogens with zero attached hydrogens (tertiary/aromatic N) is 3. The third kappa shape index (κ3) is 4.94. The molecule has 1 N–H and O–H groups in total. The highest BCUT2D eigenvalue weighted by atomic mass is 32.1. The van der Waals surface area contributed by atoms with E-state index in [2.05, 4.69) is 39.5 Å². The first-order chi connectivity index (χ1) is 15.0. The van der Waals surface area contributed by atoms with Gasteiger partial charge in [-0.25, -0.2) is 0 Å². The van der Waals surface area contributed by atoms with Gasteiger partial charge in [0.2, 0.25) is 5.91 Å². The molecular formula is C24H28N4O2S. The lowest BCUT2D eigenvalue weighted by atomic mass is 10.0. The van der Waals surface area contributed by atoms with E-state index >= 15 is 0 Å². The summed E-state index contributed by atoms with van der Waals surface area (Å²) in [6.45, 7) is 7.70. The van der Waals surface area contributed by atoms with Gasteiger partial charge < -0.3 is 10.2 Å². The minimum atomic E-state index is -0.511. The molecule has 3 aromatic rings. The van der Waals surface area contributed by atoms with Crippen molar-refractivity contribution in [1.29, 1.82) is 0 Å². The van der Waals surface area contributed by atoms with Crippen LogP contribution in [0.25, 0.3) is 10.9 Å². The van der Waals surface area contributed by atoms with E-state index < -0.39 is 6.04 Å². The zero-order chi connectivity index (χ0) is 21.8. The fourth-order valence-electron chi connectivity index (χ4n) is 3.99. The Bertz CT molecular complexity index is 1040. The third-order valence-electron chi connectivity index (χ3n) is 5.76. The number of benzene rings is 1. The molecule has 162 valence electrons. The maximum atomic E-state index is 13.2. The van der Waals surface area contributed by atoms with Crippen molar-refractivity contribution >= 4 is 34.1 Å². The maximum Gasteiger partial charge on any atom is 0.262 e. The van der Waals surface area contributed by atoms with Crippen molar-refractivity contribution in [1.82, 2.24) is 20.1 Å². The Morgan fingerprint density at radius 1 is 1.06 bits per heavy atom. The summed E-state index contributed by atoms with van der Waals surface area (Å²) in [6.07, 6.45) is 1.83. The number of fused-ring (bicyclic) bond motifs is 1. The van der Waals surface area contributed by atoms with E-state index in [0.29, 0.717) is 18.0 Å². The number of amides is 2. The molecule has 3 heterocycles. The fourth-order valence-corrected chi connectivity index (χ4v) is 4.62. The molecule has 1 aliphatic rings.